The van der Waals surface area contributed by atoms with Crippen LogP contribution in [0.3, 0.4) is 0 Å². The van der Waals surface area contributed by atoms with Crippen molar-refractivity contribution in [3.63, 3.8) is 0 Å². The maximum atomic E-state index is 11.3. The molecule has 0 bridgehead atoms. The Morgan fingerprint density at radius 1 is 1.28 bits per heavy atom. The first kappa shape index (κ1) is 18.2. The second-order valence-electron chi connectivity index (χ2n) is 5.88. The topological polar surface area (TPSA) is 117 Å². The van der Waals surface area contributed by atoms with Gasteiger partial charge in [0.25, 0.3) is 0 Å². The molecule has 3 rings (SSSR count). The number of benzene rings is 1. The maximum absolute atomic E-state index is 11.3. The quantitative estimate of drug-likeness (QED) is 0.564. The van der Waals surface area contributed by atoms with E-state index in [0.29, 0.717) is 29.1 Å². The van der Waals surface area contributed by atoms with Crippen LogP contribution in [0.2, 0.25) is 10.0 Å². The SMILES string of the molecule is Nc1n[nH]c(N2CCC(C(N[SH](=O)=O)c3ccc(Cl)c(Cl)c3)CC2)n1. The lowest BCUT2D eigenvalue weighted by Gasteiger charge is -2.35. The largest absolute Gasteiger partial charge is 0.366 e. The second-order valence-corrected chi connectivity index (χ2v) is 7.47. The second kappa shape index (κ2) is 7.77. The average molecular weight is 405 g/mol. The van der Waals surface area contributed by atoms with E-state index < -0.39 is 10.9 Å². The van der Waals surface area contributed by atoms with Gasteiger partial charge in [-0.2, -0.15) is 4.98 Å². The van der Waals surface area contributed by atoms with Crippen molar-refractivity contribution in [3.05, 3.63) is 33.8 Å². The fourth-order valence-electron chi connectivity index (χ4n) is 3.12. The summed E-state index contributed by atoms with van der Waals surface area (Å²) in [6.45, 7) is 1.43. The van der Waals surface area contributed by atoms with Crippen molar-refractivity contribution in [1.82, 2.24) is 19.9 Å². The fourth-order valence-corrected chi connectivity index (χ4v) is 4.02. The third kappa shape index (κ3) is 4.35. The van der Waals surface area contributed by atoms with Crippen LogP contribution in [0.4, 0.5) is 11.9 Å². The number of halogens is 2. The lowest BCUT2D eigenvalue weighted by molar-refractivity contribution is 0.327. The van der Waals surface area contributed by atoms with Crippen molar-refractivity contribution in [2.45, 2.75) is 18.9 Å². The molecule has 0 aliphatic carbocycles. The van der Waals surface area contributed by atoms with Crippen LogP contribution in [-0.4, -0.2) is 36.7 Å². The van der Waals surface area contributed by atoms with Crippen molar-refractivity contribution < 1.29 is 8.42 Å². The number of nitrogens with one attached hydrogen (secondary N) is 2. The van der Waals surface area contributed by atoms with Gasteiger partial charge in [0.05, 0.1) is 10.0 Å². The van der Waals surface area contributed by atoms with Gasteiger partial charge in [0.2, 0.25) is 22.8 Å². The van der Waals surface area contributed by atoms with Gasteiger partial charge in [-0.25, -0.2) is 18.2 Å². The van der Waals surface area contributed by atoms with E-state index in [2.05, 4.69) is 19.9 Å². The highest BCUT2D eigenvalue weighted by Crippen LogP contribution is 2.34. The third-order valence-electron chi connectivity index (χ3n) is 4.35. The summed E-state index contributed by atoms with van der Waals surface area (Å²) in [7, 11) is -2.74. The van der Waals surface area contributed by atoms with Gasteiger partial charge in [-0.15, -0.1) is 5.10 Å². The fraction of sp³-hybridized carbons (Fsp3) is 0.429. The molecule has 11 heteroatoms. The molecular formula is C14H18Cl2N6O2S. The molecule has 0 radical (unpaired) electrons. The molecule has 25 heavy (non-hydrogen) atoms. The van der Waals surface area contributed by atoms with Gasteiger partial charge in [-0.1, -0.05) is 29.3 Å². The summed E-state index contributed by atoms with van der Waals surface area (Å²) in [5.41, 5.74) is 6.34. The van der Waals surface area contributed by atoms with Crippen LogP contribution in [-0.2, 0) is 10.9 Å². The molecule has 1 aromatic carbocycles. The van der Waals surface area contributed by atoms with Crippen molar-refractivity contribution in [1.29, 1.82) is 0 Å². The first-order chi connectivity index (χ1) is 11.9. The number of hydrogen-bond donors (Lipinski definition) is 4. The predicted molar refractivity (Wildman–Crippen MR) is 98.4 cm³/mol. The number of piperidine rings is 1. The van der Waals surface area contributed by atoms with Gasteiger partial charge in [0.15, 0.2) is 0 Å². The molecule has 2 heterocycles. The van der Waals surface area contributed by atoms with Crippen LogP contribution < -0.4 is 15.4 Å². The van der Waals surface area contributed by atoms with E-state index in [1.807, 2.05) is 4.90 Å². The normalized spacial score (nSPS) is 17.2. The van der Waals surface area contributed by atoms with E-state index in [1.54, 1.807) is 18.2 Å². The highest BCUT2D eigenvalue weighted by molar-refractivity contribution is 7.70. The standard InChI is InChI=1S/C14H18Cl2N6O2S/c15-10-2-1-9(7-11(10)16)12(21-25(23)24)8-3-5-22(6-4-8)14-18-13(17)19-20-14/h1-2,7-8,12,25H,3-6H2,(H,21,23,24)(H3,17,18,19,20). The molecule has 1 saturated heterocycles. The highest BCUT2D eigenvalue weighted by Gasteiger charge is 2.29. The summed E-state index contributed by atoms with van der Waals surface area (Å²) >= 11 is 12.0. The zero-order valence-electron chi connectivity index (χ0n) is 13.2. The number of rotatable bonds is 5. The van der Waals surface area contributed by atoms with Crippen molar-refractivity contribution in [2.24, 2.45) is 5.92 Å². The minimum Gasteiger partial charge on any atom is -0.366 e. The summed E-state index contributed by atoms with van der Waals surface area (Å²) in [4.78, 5) is 6.17. The van der Waals surface area contributed by atoms with E-state index in [9.17, 15) is 8.42 Å². The monoisotopic (exact) mass is 404 g/mol. The molecule has 0 saturated carbocycles. The number of hydrogen-bond acceptors (Lipinski definition) is 6. The molecule has 1 fully saturated rings. The molecule has 4 N–H and O–H groups in total. The molecule has 1 aliphatic heterocycles. The van der Waals surface area contributed by atoms with Crippen molar-refractivity contribution >= 4 is 46.0 Å². The number of aromatic nitrogens is 3. The summed E-state index contributed by atoms with van der Waals surface area (Å²) in [5, 5.41) is 7.47. The van der Waals surface area contributed by atoms with Crippen LogP contribution in [0.1, 0.15) is 24.4 Å². The molecule has 1 atom stereocenters. The van der Waals surface area contributed by atoms with Gasteiger partial charge in [-0.3, -0.25) is 0 Å². The molecule has 0 spiro atoms. The van der Waals surface area contributed by atoms with E-state index in [1.165, 1.54) is 0 Å². The summed E-state index contributed by atoms with van der Waals surface area (Å²) < 4.78 is 25.2. The van der Waals surface area contributed by atoms with Crippen LogP contribution in [0.5, 0.6) is 0 Å². The number of nitrogens with zero attached hydrogens (tertiary/aromatic N) is 3. The molecule has 2 aromatic rings. The Kier molecular flexibility index (Phi) is 5.67. The van der Waals surface area contributed by atoms with Crippen LogP contribution in [0.15, 0.2) is 18.2 Å². The zero-order chi connectivity index (χ0) is 18.0. The average Bonchev–Trinajstić information content (AvgIpc) is 3.02. The van der Waals surface area contributed by atoms with Crippen LogP contribution in [0, 0.1) is 5.92 Å². The van der Waals surface area contributed by atoms with Gasteiger partial charge in [0, 0.05) is 19.1 Å². The summed E-state index contributed by atoms with van der Waals surface area (Å²) in [5.74, 6) is 0.961. The Morgan fingerprint density at radius 3 is 2.56 bits per heavy atom. The van der Waals surface area contributed by atoms with E-state index >= 15 is 0 Å². The lowest BCUT2D eigenvalue weighted by Crippen LogP contribution is -2.39. The number of H-pyrrole nitrogens is 1. The summed E-state index contributed by atoms with van der Waals surface area (Å²) in [6, 6.07) is 4.84. The van der Waals surface area contributed by atoms with Crippen LogP contribution in [0.25, 0.3) is 0 Å². The third-order valence-corrected chi connectivity index (χ3v) is 5.58. The molecule has 1 aromatic heterocycles. The first-order valence-corrected chi connectivity index (χ1v) is 9.65. The van der Waals surface area contributed by atoms with Crippen molar-refractivity contribution in [2.75, 3.05) is 23.7 Å². The summed E-state index contributed by atoms with van der Waals surface area (Å²) in [6.07, 6.45) is 1.56. The molecule has 1 unspecified atom stereocenters. The Labute approximate surface area is 156 Å². The van der Waals surface area contributed by atoms with Gasteiger partial charge < -0.3 is 10.6 Å². The minimum atomic E-state index is -2.74. The molecular weight excluding hydrogens is 387 g/mol. The van der Waals surface area contributed by atoms with Crippen LogP contribution >= 0.6 is 23.2 Å². The smallest absolute Gasteiger partial charge is 0.241 e. The van der Waals surface area contributed by atoms with Gasteiger partial charge >= 0.3 is 0 Å². The maximum Gasteiger partial charge on any atom is 0.241 e. The Hall–Kier alpha value is -1.55. The Bertz CT molecular complexity index is 811. The number of anilines is 2. The number of nitrogens with two attached hydrogens (primary N) is 1. The van der Waals surface area contributed by atoms with E-state index in [-0.39, 0.29) is 17.9 Å². The lowest BCUT2D eigenvalue weighted by atomic mass is 9.86. The number of aromatic amines is 1. The highest BCUT2D eigenvalue weighted by atomic mass is 35.5. The molecule has 0 amide bonds. The van der Waals surface area contributed by atoms with Crippen molar-refractivity contribution in [3.8, 4) is 0 Å². The minimum absolute atomic E-state index is 0.127. The number of nitrogen functional groups attached to an aromatic ring is 1. The zero-order valence-corrected chi connectivity index (χ0v) is 15.6. The Balaban J connectivity index is 1.75. The molecule has 8 nitrogen and oxygen atoms in total. The van der Waals surface area contributed by atoms with E-state index in [4.69, 9.17) is 28.9 Å². The first-order valence-electron chi connectivity index (χ1n) is 7.72. The van der Waals surface area contributed by atoms with E-state index in [0.717, 1.165) is 18.4 Å². The van der Waals surface area contributed by atoms with Gasteiger partial charge in [-0.05, 0) is 36.5 Å². The predicted octanol–water partition coefficient (Wildman–Crippen LogP) is 1.77. The Morgan fingerprint density at radius 2 is 2.00 bits per heavy atom. The molecule has 136 valence electrons. The number of thiol groups is 1. The molecule has 1 aliphatic rings. The van der Waals surface area contributed by atoms with Gasteiger partial charge in [0.1, 0.15) is 0 Å².